The second kappa shape index (κ2) is 11.2. The Bertz CT molecular complexity index is 1510. The summed E-state index contributed by atoms with van der Waals surface area (Å²) in [5.74, 6) is -3.28. The lowest BCUT2D eigenvalue weighted by atomic mass is 9.57. The number of fused-ring (bicyclic) bond motifs is 3. The minimum Gasteiger partial charge on any atom is -0.508 e. The number of primary amides is 1. The van der Waals surface area contributed by atoms with E-state index < -0.39 is 69.8 Å². The second-order valence-corrected chi connectivity index (χ2v) is 11.2. The summed E-state index contributed by atoms with van der Waals surface area (Å²) in [5.41, 5.74) is 2.39. The van der Waals surface area contributed by atoms with E-state index >= 15 is 0 Å². The van der Waals surface area contributed by atoms with Crippen LogP contribution in [0.2, 0.25) is 0 Å². The molecule has 1 saturated carbocycles. The Morgan fingerprint density at radius 3 is 2.40 bits per heavy atom. The number of ether oxygens (including phenoxy) is 1. The van der Waals surface area contributed by atoms with Crippen LogP contribution in [0.25, 0.3) is 5.76 Å². The fraction of sp³-hybridized carbons (Fsp3) is 0.467. The Labute approximate surface area is 243 Å². The van der Waals surface area contributed by atoms with Gasteiger partial charge in [0.15, 0.2) is 11.4 Å². The van der Waals surface area contributed by atoms with Crippen LogP contribution in [0, 0.1) is 23.7 Å². The molecule has 224 valence electrons. The van der Waals surface area contributed by atoms with Gasteiger partial charge in [0, 0.05) is 37.2 Å². The van der Waals surface area contributed by atoms with Crippen molar-refractivity contribution < 1.29 is 44.3 Å². The minimum absolute atomic E-state index is 0.00923. The summed E-state index contributed by atoms with van der Waals surface area (Å²) in [6.07, 6.45) is 1.60. The number of hydrogen-bond donors (Lipinski definition) is 5. The number of aromatic hydroxyl groups is 1. The molecule has 1 amide bonds. The molecule has 0 spiro atoms. The number of phenols is 1. The molecule has 0 aliphatic heterocycles. The standard InChI is InChI=1S/C30H35N3O9/c1-6-7-10-42-19(34)9-8-14-13-18(32(2)3)16-11-15-12-17-23(33(4)5)26(37)22(29(31)40)28(39)30(17,41)27(38)20(15)25(36)21(16)24(14)35/h13,15,17,23,35-36,39,41H,6-7,10-12H2,1-5H3,(H2,31,40)/t15-,17-,23+,30-/m0/s1. The van der Waals surface area contributed by atoms with Crippen LogP contribution in [0.15, 0.2) is 23.0 Å². The van der Waals surface area contributed by atoms with Crippen LogP contribution in [0.3, 0.4) is 0 Å². The van der Waals surface area contributed by atoms with E-state index in [0.717, 1.165) is 6.42 Å². The largest absolute Gasteiger partial charge is 0.508 e. The average molecular weight is 582 g/mol. The first-order valence-corrected chi connectivity index (χ1v) is 13.6. The number of rotatable bonds is 6. The van der Waals surface area contributed by atoms with E-state index in [2.05, 4.69) is 11.8 Å². The van der Waals surface area contributed by atoms with Crippen molar-refractivity contribution in [1.82, 2.24) is 4.90 Å². The molecule has 0 unspecified atom stereocenters. The number of anilines is 1. The summed E-state index contributed by atoms with van der Waals surface area (Å²) in [4.78, 5) is 54.6. The van der Waals surface area contributed by atoms with E-state index in [-0.39, 0.29) is 36.1 Å². The molecule has 6 N–H and O–H groups in total. The predicted octanol–water partition coefficient (Wildman–Crippen LogP) is 0.725. The summed E-state index contributed by atoms with van der Waals surface area (Å²) in [7, 11) is 6.55. The first-order chi connectivity index (χ1) is 19.7. The molecule has 0 aromatic heterocycles. The van der Waals surface area contributed by atoms with Crippen LogP contribution in [0.5, 0.6) is 5.75 Å². The number of aliphatic hydroxyl groups excluding tert-OH is 2. The van der Waals surface area contributed by atoms with Crippen molar-refractivity contribution in [2.24, 2.45) is 17.6 Å². The monoisotopic (exact) mass is 581 g/mol. The number of Topliss-reactive ketones (excluding diaryl/α,β-unsaturated/α-hetero) is 2. The number of nitrogens with two attached hydrogens (primary N) is 1. The number of carbonyl (C=O) groups excluding carboxylic acids is 4. The van der Waals surface area contributed by atoms with E-state index in [4.69, 9.17) is 10.5 Å². The minimum atomic E-state index is -2.73. The van der Waals surface area contributed by atoms with Gasteiger partial charge in [-0.2, -0.15) is 0 Å². The lowest BCUT2D eigenvalue weighted by Gasteiger charge is -2.50. The molecule has 42 heavy (non-hydrogen) atoms. The van der Waals surface area contributed by atoms with Gasteiger partial charge in [0.2, 0.25) is 5.78 Å². The fourth-order valence-electron chi connectivity index (χ4n) is 6.25. The van der Waals surface area contributed by atoms with Gasteiger partial charge < -0.3 is 35.8 Å². The number of carbonyl (C=O) groups is 4. The second-order valence-electron chi connectivity index (χ2n) is 11.2. The SMILES string of the molecule is CCCCOC(=O)C#Cc1cc(N(C)C)c2c(c1O)C(O)=C1C(=O)[C@]3(O)C(O)=C(C(N)=O)C(=O)[C@H](N(C)C)[C@@H]3C[C@@H]1C2. The number of amides is 1. The van der Waals surface area contributed by atoms with Crippen molar-refractivity contribution in [3.63, 3.8) is 0 Å². The Morgan fingerprint density at radius 1 is 1.17 bits per heavy atom. The maximum Gasteiger partial charge on any atom is 0.384 e. The number of hydrogen-bond acceptors (Lipinski definition) is 11. The highest BCUT2D eigenvalue weighted by molar-refractivity contribution is 6.24. The van der Waals surface area contributed by atoms with Crippen molar-refractivity contribution in [2.75, 3.05) is 39.7 Å². The molecular weight excluding hydrogens is 546 g/mol. The number of nitrogens with zero attached hydrogens (tertiary/aromatic N) is 2. The zero-order valence-corrected chi connectivity index (χ0v) is 24.1. The zero-order chi connectivity index (χ0) is 31.3. The average Bonchev–Trinajstić information content (AvgIpc) is 2.89. The van der Waals surface area contributed by atoms with Gasteiger partial charge in [-0.1, -0.05) is 19.3 Å². The van der Waals surface area contributed by atoms with E-state index in [9.17, 15) is 39.6 Å². The Kier molecular flexibility index (Phi) is 8.13. The smallest absolute Gasteiger partial charge is 0.384 e. The van der Waals surface area contributed by atoms with Gasteiger partial charge in [-0.3, -0.25) is 19.3 Å². The quantitative estimate of drug-likeness (QED) is 0.138. The van der Waals surface area contributed by atoms with Crippen LogP contribution in [-0.4, -0.2) is 95.2 Å². The highest BCUT2D eigenvalue weighted by Gasteiger charge is 2.64. The van der Waals surface area contributed by atoms with Gasteiger partial charge in [0.05, 0.1) is 23.8 Å². The molecule has 0 bridgehead atoms. The van der Waals surface area contributed by atoms with Crippen molar-refractivity contribution in [2.45, 2.75) is 44.2 Å². The molecule has 3 aliphatic rings. The fourth-order valence-corrected chi connectivity index (χ4v) is 6.25. The maximum absolute atomic E-state index is 14.0. The highest BCUT2D eigenvalue weighted by Crippen LogP contribution is 2.54. The molecule has 1 aromatic rings. The van der Waals surface area contributed by atoms with Gasteiger partial charge in [0.25, 0.3) is 5.91 Å². The molecule has 12 heteroatoms. The molecule has 1 aromatic carbocycles. The van der Waals surface area contributed by atoms with Gasteiger partial charge in [-0.15, -0.1) is 0 Å². The van der Waals surface area contributed by atoms with Gasteiger partial charge in [0.1, 0.15) is 22.8 Å². The van der Waals surface area contributed by atoms with Crippen molar-refractivity contribution in [3.8, 4) is 17.6 Å². The third kappa shape index (κ3) is 4.68. The summed E-state index contributed by atoms with van der Waals surface area (Å²) >= 11 is 0. The molecule has 0 saturated heterocycles. The van der Waals surface area contributed by atoms with Crippen molar-refractivity contribution in [1.29, 1.82) is 0 Å². The lowest BCUT2D eigenvalue weighted by Crippen LogP contribution is -2.65. The van der Waals surface area contributed by atoms with Crippen LogP contribution in [-0.2, 0) is 30.3 Å². The molecule has 0 heterocycles. The van der Waals surface area contributed by atoms with Gasteiger partial charge >= 0.3 is 5.97 Å². The summed E-state index contributed by atoms with van der Waals surface area (Å²) < 4.78 is 5.05. The number of aliphatic hydroxyl groups is 3. The maximum atomic E-state index is 14.0. The van der Waals surface area contributed by atoms with Crippen LogP contribution in [0.1, 0.15) is 42.9 Å². The summed E-state index contributed by atoms with van der Waals surface area (Å²) in [6.45, 7) is 2.14. The number of phenolic OH excluding ortho intramolecular Hbond substituents is 1. The number of unbranched alkanes of at least 4 members (excludes halogenated alkanes) is 1. The van der Waals surface area contributed by atoms with Crippen molar-refractivity contribution >= 4 is 34.9 Å². The van der Waals surface area contributed by atoms with Gasteiger partial charge in [-0.25, -0.2) is 4.79 Å². The number of esters is 1. The van der Waals surface area contributed by atoms with E-state index in [1.165, 1.54) is 19.0 Å². The molecule has 0 radical (unpaired) electrons. The predicted molar refractivity (Wildman–Crippen MR) is 151 cm³/mol. The Hall–Kier alpha value is -4.34. The topological polar surface area (TPSA) is 191 Å². The molecule has 1 fully saturated rings. The van der Waals surface area contributed by atoms with Crippen LogP contribution in [0.4, 0.5) is 5.69 Å². The third-order valence-corrected chi connectivity index (χ3v) is 8.21. The van der Waals surface area contributed by atoms with Crippen LogP contribution < -0.4 is 10.6 Å². The first-order valence-electron chi connectivity index (χ1n) is 13.6. The van der Waals surface area contributed by atoms with E-state index in [0.29, 0.717) is 17.7 Å². The van der Waals surface area contributed by atoms with Crippen molar-refractivity contribution in [3.05, 3.63) is 39.7 Å². The molecule has 4 rings (SSSR count). The molecule has 12 nitrogen and oxygen atoms in total. The normalized spacial score (nSPS) is 24.9. The summed E-state index contributed by atoms with van der Waals surface area (Å²) in [6, 6.07) is 0.388. The molecule has 3 aliphatic carbocycles. The number of ketones is 2. The number of benzene rings is 1. The van der Waals surface area contributed by atoms with E-state index in [1.807, 2.05) is 6.92 Å². The van der Waals surface area contributed by atoms with E-state index in [1.54, 1.807) is 25.1 Å². The Morgan fingerprint density at radius 2 is 1.83 bits per heavy atom. The zero-order valence-electron chi connectivity index (χ0n) is 24.1. The van der Waals surface area contributed by atoms with Gasteiger partial charge in [-0.05, 0) is 50.9 Å². The third-order valence-electron chi connectivity index (χ3n) is 8.21. The first kappa shape index (κ1) is 30.6. The molecular formula is C30H35N3O9. The summed E-state index contributed by atoms with van der Waals surface area (Å²) in [5, 5.41) is 45.5. The highest BCUT2D eigenvalue weighted by atomic mass is 16.5. The Balaban J connectivity index is 1.91. The van der Waals surface area contributed by atoms with Crippen LogP contribution >= 0.6 is 0 Å². The number of likely N-dealkylation sites (N-methyl/N-ethyl adjacent to an activating group) is 1. The lowest BCUT2D eigenvalue weighted by molar-refractivity contribution is -0.153. The molecule has 4 atom stereocenters.